The van der Waals surface area contributed by atoms with Crippen molar-refractivity contribution in [2.24, 2.45) is 40.4 Å². The van der Waals surface area contributed by atoms with E-state index < -0.39 is 5.60 Å². The normalized spacial score (nSPS) is 50.0. The highest BCUT2D eigenvalue weighted by molar-refractivity contribution is 5.79. The maximum atomic E-state index is 12.3. The fraction of sp³-hybridized carbons (Fsp3) is 0.880. The van der Waals surface area contributed by atoms with Crippen molar-refractivity contribution in [3.05, 3.63) is 0 Å². The van der Waals surface area contributed by atoms with Crippen LogP contribution in [0.4, 0.5) is 0 Å². The number of rotatable bonds is 2. The fourth-order valence-corrected chi connectivity index (χ4v) is 8.31. The summed E-state index contributed by atoms with van der Waals surface area (Å²) in [4.78, 5) is 12.3. The predicted octanol–water partition coefficient (Wildman–Crippen LogP) is 4.35. The van der Waals surface area contributed by atoms with E-state index in [-0.39, 0.29) is 17.9 Å². The lowest BCUT2D eigenvalue weighted by Gasteiger charge is -2.61. The zero-order chi connectivity index (χ0) is 20.2. The number of hydrogen-bond acceptors (Lipinski definition) is 3. The molecule has 0 spiro atoms. The molecular formula is C25H38O3. The maximum Gasteiger partial charge on any atom is 0.133 e. The minimum atomic E-state index is -0.859. The van der Waals surface area contributed by atoms with Gasteiger partial charge in [-0.15, -0.1) is 0 Å². The molecule has 0 aromatic heterocycles. The summed E-state index contributed by atoms with van der Waals surface area (Å²) in [6.45, 7) is 6.78. The van der Waals surface area contributed by atoms with Crippen molar-refractivity contribution in [3.8, 4) is 11.8 Å². The summed E-state index contributed by atoms with van der Waals surface area (Å²) >= 11 is 0. The number of aliphatic hydroxyl groups excluding tert-OH is 1. The van der Waals surface area contributed by atoms with E-state index in [0.717, 1.165) is 37.5 Å². The molecule has 3 nitrogen and oxygen atoms in total. The van der Waals surface area contributed by atoms with Crippen LogP contribution in [0.3, 0.4) is 0 Å². The number of carbonyl (C=O) groups is 1. The third-order valence-electron chi connectivity index (χ3n) is 9.78. The van der Waals surface area contributed by atoms with Gasteiger partial charge in [0.2, 0.25) is 0 Å². The van der Waals surface area contributed by atoms with Gasteiger partial charge >= 0.3 is 0 Å². The molecule has 4 fully saturated rings. The SMILES string of the molecule is CC(=O)[C@H]1CC[C@H]2[C@@H]3CC[C@H]4C[C@@](O)(C#CCCO)CC[C@]4(C)[C@H]3CC[C@]12C. The van der Waals surface area contributed by atoms with Crippen LogP contribution >= 0.6 is 0 Å². The zero-order valence-electron chi connectivity index (χ0n) is 18.0. The molecule has 4 saturated carbocycles. The first kappa shape index (κ1) is 20.4. The smallest absolute Gasteiger partial charge is 0.133 e. The van der Waals surface area contributed by atoms with Gasteiger partial charge in [-0.25, -0.2) is 0 Å². The molecule has 3 heteroatoms. The predicted molar refractivity (Wildman–Crippen MR) is 110 cm³/mol. The van der Waals surface area contributed by atoms with Crippen molar-refractivity contribution in [1.29, 1.82) is 0 Å². The number of carbonyl (C=O) groups excluding carboxylic acids is 1. The number of aliphatic hydroxyl groups is 2. The Balaban J connectivity index is 1.54. The molecule has 0 bridgehead atoms. The van der Waals surface area contributed by atoms with Gasteiger partial charge in [0.05, 0.1) is 6.61 Å². The molecule has 0 heterocycles. The molecule has 0 aromatic rings. The fourth-order valence-electron chi connectivity index (χ4n) is 8.31. The second-order valence-corrected chi connectivity index (χ2v) is 11.0. The molecule has 4 rings (SSSR count). The van der Waals surface area contributed by atoms with E-state index >= 15 is 0 Å². The topological polar surface area (TPSA) is 57.5 Å². The lowest BCUT2D eigenvalue weighted by atomic mass is 9.44. The molecule has 0 aliphatic heterocycles. The lowest BCUT2D eigenvalue weighted by molar-refractivity contribution is -0.144. The Bertz CT molecular complexity index is 690. The molecule has 0 amide bonds. The Morgan fingerprint density at radius 2 is 1.75 bits per heavy atom. The first-order valence-electron chi connectivity index (χ1n) is 11.6. The molecule has 2 N–H and O–H groups in total. The summed E-state index contributed by atoms with van der Waals surface area (Å²) in [5.41, 5.74) is -0.326. The molecule has 4 aliphatic rings. The van der Waals surface area contributed by atoms with Gasteiger partial charge in [0.25, 0.3) is 0 Å². The van der Waals surface area contributed by atoms with Gasteiger partial charge in [0.15, 0.2) is 0 Å². The number of hydrogen-bond donors (Lipinski definition) is 2. The van der Waals surface area contributed by atoms with Crippen LogP contribution in [0.5, 0.6) is 0 Å². The minimum absolute atomic E-state index is 0.0649. The first-order valence-corrected chi connectivity index (χ1v) is 11.6. The van der Waals surface area contributed by atoms with Crippen LogP contribution in [0.15, 0.2) is 0 Å². The summed E-state index contributed by atoms with van der Waals surface area (Å²) in [5.74, 6) is 9.52. The van der Waals surface area contributed by atoms with Crippen LogP contribution in [0, 0.1) is 52.3 Å². The van der Waals surface area contributed by atoms with Gasteiger partial charge in [0.1, 0.15) is 11.4 Å². The Kier molecular flexibility index (Phi) is 5.20. The molecule has 156 valence electrons. The Hall–Kier alpha value is -0.850. The van der Waals surface area contributed by atoms with Gasteiger partial charge in [0, 0.05) is 12.3 Å². The summed E-state index contributed by atoms with van der Waals surface area (Å²) in [7, 11) is 0. The third kappa shape index (κ3) is 3.07. The monoisotopic (exact) mass is 386 g/mol. The van der Waals surface area contributed by atoms with Crippen molar-refractivity contribution < 1.29 is 15.0 Å². The highest BCUT2D eigenvalue weighted by atomic mass is 16.3. The minimum Gasteiger partial charge on any atom is -0.395 e. The van der Waals surface area contributed by atoms with E-state index in [9.17, 15) is 9.90 Å². The maximum absolute atomic E-state index is 12.3. The van der Waals surface area contributed by atoms with Gasteiger partial charge in [-0.1, -0.05) is 25.7 Å². The van der Waals surface area contributed by atoms with E-state index in [1.807, 2.05) is 6.92 Å². The van der Waals surface area contributed by atoms with Crippen LogP contribution in [-0.4, -0.2) is 28.2 Å². The van der Waals surface area contributed by atoms with Crippen molar-refractivity contribution in [2.75, 3.05) is 6.61 Å². The number of fused-ring (bicyclic) bond motifs is 5. The van der Waals surface area contributed by atoms with Crippen LogP contribution in [-0.2, 0) is 4.79 Å². The van der Waals surface area contributed by atoms with E-state index in [1.54, 1.807) is 0 Å². The van der Waals surface area contributed by atoms with Crippen LogP contribution < -0.4 is 0 Å². The molecule has 28 heavy (non-hydrogen) atoms. The molecule has 4 aliphatic carbocycles. The van der Waals surface area contributed by atoms with Gasteiger partial charge in [-0.05, 0) is 99.2 Å². The number of Topliss-reactive ketones (excluding diaryl/α,β-unsaturated/α-hetero) is 1. The van der Waals surface area contributed by atoms with E-state index in [1.165, 1.54) is 32.1 Å². The summed E-state index contributed by atoms with van der Waals surface area (Å²) < 4.78 is 0. The second-order valence-electron chi connectivity index (χ2n) is 11.0. The van der Waals surface area contributed by atoms with Crippen LogP contribution in [0.1, 0.15) is 85.0 Å². The van der Waals surface area contributed by atoms with E-state index in [4.69, 9.17) is 5.11 Å². The second kappa shape index (κ2) is 7.13. The van der Waals surface area contributed by atoms with Crippen molar-refractivity contribution in [2.45, 2.75) is 90.6 Å². The van der Waals surface area contributed by atoms with E-state index in [0.29, 0.717) is 29.5 Å². The highest BCUT2D eigenvalue weighted by Gasteiger charge is 2.61. The molecule has 8 atom stereocenters. The average Bonchev–Trinajstić information content (AvgIpc) is 3.00. The van der Waals surface area contributed by atoms with Gasteiger partial charge in [-0.2, -0.15) is 0 Å². The van der Waals surface area contributed by atoms with Crippen molar-refractivity contribution in [3.63, 3.8) is 0 Å². The Labute approximate surface area is 170 Å². The summed E-state index contributed by atoms with van der Waals surface area (Å²) in [5, 5.41) is 20.0. The van der Waals surface area contributed by atoms with E-state index in [2.05, 4.69) is 25.7 Å². The average molecular weight is 387 g/mol. The molecule has 0 unspecified atom stereocenters. The Morgan fingerprint density at radius 3 is 2.46 bits per heavy atom. The highest BCUT2D eigenvalue weighted by Crippen LogP contribution is 2.68. The van der Waals surface area contributed by atoms with Crippen molar-refractivity contribution in [1.82, 2.24) is 0 Å². The van der Waals surface area contributed by atoms with Crippen LogP contribution in [0.2, 0.25) is 0 Å². The van der Waals surface area contributed by atoms with Gasteiger partial charge < -0.3 is 10.2 Å². The Morgan fingerprint density at radius 1 is 1.00 bits per heavy atom. The molecule has 0 saturated heterocycles. The number of ketones is 1. The standard InChI is InChI=1S/C25H38O3/c1-17(27)20-8-9-21-19-7-6-18-16-25(28,11-4-5-15-26)14-13-23(18,2)22(19)10-12-24(20,21)3/h18-22,26,28H,5-10,12-16H2,1-3H3/t18-,19-,20+,21-,22-,23-,24+,25+/m0/s1. The quantitative estimate of drug-likeness (QED) is 0.694. The first-order chi connectivity index (χ1) is 13.2. The van der Waals surface area contributed by atoms with Crippen LogP contribution in [0.25, 0.3) is 0 Å². The summed E-state index contributed by atoms with van der Waals surface area (Å²) in [6, 6.07) is 0. The van der Waals surface area contributed by atoms with Crippen molar-refractivity contribution >= 4 is 5.78 Å². The zero-order valence-corrected chi connectivity index (χ0v) is 18.0. The van der Waals surface area contributed by atoms with Gasteiger partial charge in [-0.3, -0.25) is 4.79 Å². The lowest BCUT2D eigenvalue weighted by Crippen LogP contribution is -2.56. The molecule has 0 aromatic carbocycles. The molecule has 0 radical (unpaired) electrons. The largest absolute Gasteiger partial charge is 0.395 e. The summed E-state index contributed by atoms with van der Waals surface area (Å²) in [6.07, 6.45) is 10.3. The molecular weight excluding hydrogens is 348 g/mol. The third-order valence-corrected chi connectivity index (χ3v) is 9.78.